The molecule has 8 heteroatoms. The largest absolute Gasteiger partial charge is 0.467 e. The minimum absolute atomic E-state index is 0.0943. The second-order valence-corrected chi connectivity index (χ2v) is 6.06. The first kappa shape index (κ1) is 19.7. The van der Waals surface area contributed by atoms with E-state index in [1.165, 1.54) is 0 Å². The van der Waals surface area contributed by atoms with Crippen LogP contribution in [0.5, 0.6) is 5.75 Å². The lowest BCUT2D eigenvalue weighted by molar-refractivity contribution is 0.0515. The molecule has 1 aromatic heterocycles. The molecule has 0 saturated heterocycles. The third-order valence-corrected chi connectivity index (χ3v) is 4.21. The molecule has 0 amide bonds. The molecule has 3 rings (SSSR count). The number of ether oxygens (including phenoxy) is 2. The zero-order valence-electron chi connectivity index (χ0n) is 15.7. The van der Waals surface area contributed by atoms with Gasteiger partial charge in [-0.25, -0.2) is 4.98 Å². The maximum Gasteiger partial charge on any atom is 0.188 e. The van der Waals surface area contributed by atoms with Crippen LogP contribution in [0.4, 0.5) is 5.82 Å². The summed E-state index contributed by atoms with van der Waals surface area (Å²) in [5.41, 5.74) is 18.5. The van der Waals surface area contributed by atoms with Gasteiger partial charge in [-0.05, 0) is 34.9 Å². The van der Waals surface area contributed by atoms with Crippen LogP contribution in [0.15, 0.2) is 59.7 Å². The molecule has 144 valence electrons. The van der Waals surface area contributed by atoms with Gasteiger partial charge >= 0.3 is 0 Å². The Morgan fingerprint density at radius 2 is 2.00 bits per heavy atom. The predicted molar refractivity (Wildman–Crippen MR) is 110 cm³/mol. The van der Waals surface area contributed by atoms with Gasteiger partial charge in [-0.3, -0.25) is 0 Å². The van der Waals surface area contributed by atoms with Gasteiger partial charge in [-0.1, -0.05) is 41.5 Å². The number of rotatable bonds is 7. The lowest BCUT2D eigenvalue weighted by Crippen LogP contribution is -2.03. The SMILES string of the molecule is COCOc1ccccc1-c1cc(-c2cccc(CN=[N+]=[N-])c2)c(C#N)c(N)n1. The summed E-state index contributed by atoms with van der Waals surface area (Å²) in [6.07, 6.45) is 0. The van der Waals surface area contributed by atoms with Crippen LogP contribution in [0, 0.1) is 11.3 Å². The van der Waals surface area contributed by atoms with Gasteiger partial charge in [-0.15, -0.1) is 0 Å². The molecule has 8 nitrogen and oxygen atoms in total. The number of hydrogen-bond donors (Lipinski definition) is 1. The number of hydrogen-bond acceptors (Lipinski definition) is 6. The Bertz CT molecular complexity index is 1120. The molecule has 0 aliphatic rings. The van der Waals surface area contributed by atoms with Crippen LogP contribution >= 0.6 is 0 Å². The lowest BCUT2D eigenvalue weighted by atomic mass is 9.97. The summed E-state index contributed by atoms with van der Waals surface area (Å²) >= 11 is 0. The number of nitrogens with zero attached hydrogens (tertiary/aromatic N) is 5. The Labute approximate surface area is 167 Å². The molecule has 0 radical (unpaired) electrons. The standard InChI is InChI=1S/C21H18N6O2/c1-28-13-29-20-8-3-2-7-16(20)19-10-17(18(11-22)21(23)26-19)15-6-4-5-14(9-15)12-25-27-24/h2-10H,12-13H2,1H3,(H2,23,26). The molecule has 0 unspecified atom stereocenters. The van der Waals surface area contributed by atoms with E-state index in [4.69, 9.17) is 20.7 Å². The predicted octanol–water partition coefficient (Wildman–Crippen LogP) is 4.66. The van der Waals surface area contributed by atoms with Crippen molar-refractivity contribution in [2.75, 3.05) is 19.6 Å². The smallest absolute Gasteiger partial charge is 0.188 e. The van der Waals surface area contributed by atoms with E-state index in [-0.39, 0.29) is 24.7 Å². The molecular weight excluding hydrogens is 368 g/mol. The van der Waals surface area contributed by atoms with Crippen LogP contribution in [0.2, 0.25) is 0 Å². The highest BCUT2D eigenvalue weighted by molar-refractivity contribution is 5.81. The number of aromatic nitrogens is 1. The van der Waals surface area contributed by atoms with E-state index in [0.717, 1.165) is 16.7 Å². The van der Waals surface area contributed by atoms with E-state index >= 15 is 0 Å². The fourth-order valence-electron chi connectivity index (χ4n) is 2.92. The van der Waals surface area contributed by atoms with Crippen LogP contribution < -0.4 is 10.5 Å². The van der Waals surface area contributed by atoms with Crippen molar-refractivity contribution in [3.63, 3.8) is 0 Å². The summed E-state index contributed by atoms with van der Waals surface area (Å²) < 4.78 is 10.6. The van der Waals surface area contributed by atoms with Gasteiger partial charge in [0.1, 0.15) is 23.2 Å². The van der Waals surface area contributed by atoms with Crippen LogP contribution in [0.3, 0.4) is 0 Å². The van der Waals surface area contributed by atoms with Gasteiger partial charge in [-0.2, -0.15) is 5.26 Å². The summed E-state index contributed by atoms with van der Waals surface area (Å²) in [5.74, 6) is 0.719. The molecule has 0 spiro atoms. The summed E-state index contributed by atoms with van der Waals surface area (Å²) in [7, 11) is 1.54. The molecule has 0 bridgehead atoms. The minimum atomic E-state index is 0.0943. The zero-order chi connectivity index (χ0) is 20.6. The maximum absolute atomic E-state index is 9.63. The molecular formula is C21H18N6O2. The molecule has 2 aromatic carbocycles. The Hall–Kier alpha value is -4.05. The van der Waals surface area contributed by atoms with Crippen molar-refractivity contribution in [2.24, 2.45) is 5.11 Å². The second kappa shape index (κ2) is 9.24. The van der Waals surface area contributed by atoms with E-state index in [9.17, 15) is 5.26 Å². The Morgan fingerprint density at radius 3 is 2.76 bits per heavy atom. The van der Waals surface area contributed by atoms with Crippen LogP contribution in [0.1, 0.15) is 11.1 Å². The highest BCUT2D eigenvalue weighted by Crippen LogP contribution is 2.35. The van der Waals surface area contributed by atoms with Crippen LogP contribution in [0.25, 0.3) is 32.8 Å². The molecule has 0 atom stereocenters. The Balaban J connectivity index is 2.14. The molecule has 2 N–H and O–H groups in total. The number of pyridine rings is 1. The second-order valence-electron chi connectivity index (χ2n) is 6.06. The lowest BCUT2D eigenvalue weighted by Gasteiger charge is -2.14. The number of nitrogens with two attached hydrogens (primary N) is 1. The molecule has 29 heavy (non-hydrogen) atoms. The summed E-state index contributed by atoms with van der Waals surface area (Å²) in [5, 5.41) is 13.2. The summed E-state index contributed by atoms with van der Waals surface area (Å²) in [6.45, 7) is 0.310. The van der Waals surface area contributed by atoms with E-state index < -0.39 is 0 Å². The molecule has 0 fully saturated rings. The van der Waals surface area contributed by atoms with Crippen molar-refractivity contribution in [1.29, 1.82) is 5.26 Å². The van der Waals surface area contributed by atoms with E-state index in [0.29, 0.717) is 17.0 Å². The van der Waals surface area contributed by atoms with Gasteiger partial charge in [0.05, 0.1) is 12.2 Å². The number of nitriles is 1. The summed E-state index contributed by atoms with van der Waals surface area (Å²) in [4.78, 5) is 7.20. The zero-order valence-corrected chi connectivity index (χ0v) is 15.7. The topological polar surface area (TPSA) is 130 Å². The van der Waals surface area contributed by atoms with E-state index in [2.05, 4.69) is 21.1 Å². The van der Waals surface area contributed by atoms with Gasteiger partial charge in [0.15, 0.2) is 6.79 Å². The van der Waals surface area contributed by atoms with Crippen molar-refractivity contribution >= 4 is 5.82 Å². The number of methoxy groups -OCH3 is 1. The average molecular weight is 386 g/mol. The normalized spacial score (nSPS) is 10.1. The average Bonchev–Trinajstić information content (AvgIpc) is 2.76. The number of para-hydroxylation sites is 1. The van der Waals surface area contributed by atoms with E-state index in [1.807, 2.05) is 48.5 Å². The monoisotopic (exact) mass is 386 g/mol. The van der Waals surface area contributed by atoms with Crippen molar-refractivity contribution in [2.45, 2.75) is 6.54 Å². The molecule has 3 aromatic rings. The molecule has 0 aliphatic heterocycles. The highest BCUT2D eigenvalue weighted by atomic mass is 16.7. The Kier molecular flexibility index (Phi) is 6.28. The maximum atomic E-state index is 9.63. The van der Waals surface area contributed by atoms with Gasteiger partial charge in [0.25, 0.3) is 0 Å². The highest BCUT2D eigenvalue weighted by Gasteiger charge is 2.16. The quantitative estimate of drug-likeness (QED) is 0.273. The first-order chi connectivity index (χ1) is 14.2. The fraction of sp³-hybridized carbons (Fsp3) is 0.143. The number of azide groups is 1. The van der Waals surface area contributed by atoms with Crippen molar-refractivity contribution < 1.29 is 9.47 Å². The van der Waals surface area contributed by atoms with Gasteiger partial charge in [0, 0.05) is 23.1 Å². The number of nitrogen functional groups attached to an aromatic ring is 1. The van der Waals surface area contributed by atoms with Gasteiger partial charge in [0.2, 0.25) is 0 Å². The number of benzene rings is 2. The van der Waals surface area contributed by atoms with Crippen LogP contribution in [-0.2, 0) is 11.3 Å². The first-order valence-corrected chi connectivity index (χ1v) is 8.70. The van der Waals surface area contributed by atoms with Gasteiger partial charge < -0.3 is 15.2 Å². The van der Waals surface area contributed by atoms with Crippen molar-refractivity contribution in [1.82, 2.24) is 4.98 Å². The third kappa shape index (κ3) is 4.45. The van der Waals surface area contributed by atoms with Crippen molar-refractivity contribution in [3.05, 3.63) is 76.2 Å². The molecule has 0 saturated carbocycles. The first-order valence-electron chi connectivity index (χ1n) is 8.70. The molecule has 0 aliphatic carbocycles. The number of anilines is 1. The fourth-order valence-corrected chi connectivity index (χ4v) is 2.92. The van der Waals surface area contributed by atoms with Crippen LogP contribution in [-0.4, -0.2) is 18.9 Å². The van der Waals surface area contributed by atoms with E-state index in [1.54, 1.807) is 13.2 Å². The molecule has 1 heterocycles. The summed E-state index contributed by atoms with van der Waals surface area (Å²) in [6, 6.07) is 18.7. The third-order valence-electron chi connectivity index (χ3n) is 4.21. The Morgan fingerprint density at radius 1 is 1.17 bits per heavy atom. The minimum Gasteiger partial charge on any atom is -0.467 e. The van der Waals surface area contributed by atoms with Crippen molar-refractivity contribution in [3.8, 4) is 34.2 Å².